The Labute approximate surface area is 105 Å². The van der Waals surface area contributed by atoms with Crippen LogP contribution < -0.4 is 5.73 Å². The summed E-state index contributed by atoms with van der Waals surface area (Å²) in [7, 11) is 1.65. The Kier molecular flexibility index (Phi) is 4.06. The van der Waals surface area contributed by atoms with Crippen LogP contribution in [0.1, 0.15) is 30.4 Å². The van der Waals surface area contributed by atoms with Crippen molar-refractivity contribution < 1.29 is 9.26 Å². The molecular weight excluding hydrogens is 234 g/mol. The molecule has 0 amide bonds. The molecule has 0 saturated heterocycles. The number of nitrogens with zero attached hydrogens (tertiary/aromatic N) is 3. The Balaban J connectivity index is 1.96. The van der Waals surface area contributed by atoms with E-state index in [2.05, 4.69) is 20.1 Å². The van der Waals surface area contributed by atoms with Crippen LogP contribution in [0.25, 0.3) is 0 Å². The van der Waals surface area contributed by atoms with Gasteiger partial charge >= 0.3 is 0 Å². The van der Waals surface area contributed by atoms with E-state index in [-0.39, 0.29) is 12.1 Å². The zero-order valence-corrected chi connectivity index (χ0v) is 10.5. The van der Waals surface area contributed by atoms with Crippen molar-refractivity contribution in [2.45, 2.75) is 31.9 Å². The minimum absolute atomic E-state index is 0.0549. The highest BCUT2D eigenvalue weighted by molar-refractivity contribution is 5.02. The average molecular weight is 251 g/mol. The Morgan fingerprint density at radius 2 is 2.33 bits per heavy atom. The molecule has 7 heteroatoms. The van der Waals surface area contributed by atoms with E-state index in [0.717, 1.165) is 5.69 Å². The molecule has 2 atom stereocenters. The molecule has 0 saturated carbocycles. The van der Waals surface area contributed by atoms with E-state index < -0.39 is 0 Å². The van der Waals surface area contributed by atoms with Gasteiger partial charge in [-0.05, 0) is 6.92 Å². The monoisotopic (exact) mass is 251 g/mol. The van der Waals surface area contributed by atoms with Crippen molar-refractivity contribution in [3.8, 4) is 0 Å². The molecule has 98 valence electrons. The van der Waals surface area contributed by atoms with Gasteiger partial charge in [0.1, 0.15) is 0 Å². The summed E-state index contributed by atoms with van der Waals surface area (Å²) in [6, 6.07) is -0.329. The largest absolute Gasteiger partial charge is 0.381 e. The number of hydrogen-bond donors (Lipinski definition) is 2. The van der Waals surface area contributed by atoms with Crippen LogP contribution in [0.4, 0.5) is 0 Å². The maximum absolute atomic E-state index is 5.99. The number of aromatic amines is 1. The molecule has 0 aromatic carbocycles. The first kappa shape index (κ1) is 12.7. The summed E-state index contributed by atoms with van der Waals surface area (Å²) in [5.74, 6) is 1.04. The van der Waals surface area contributed by atoms with Crippen LogP contribution in [-0.4, -0.2) is 33.3 Å². The van der Waals surface area contributed by atoms with Crippen LogP contribution in [0.15, 0.2) is 17.0 Å². The molecule has 2 aromatic heterocycles. The van der Waals surface area contributed by atoms with E-state index in [4.69, 9.17) is 15.0 Å². The van der Waals surface area contributed by atoms with Crippen molar-refractivity contribution in [3.63, 3.8) is 0 Å². The molecule has 7 nitrogen and oxygen atoms in total. The fraction of sp³-hybridized carbons (Fsp3) is 0.545. The number of methoxy groups -OCH3 is 1. The molecule has 18 heavy (non-hydrogen) atoms. The molecular formula is C11H17N5O2. The van der Waals surface area contributed by atoms with E-state index in [1.54, 1.807) is 19.6 Å². The quantitative estimate of drug-likeness (QED) is 0.779. The second-order valence-electron chi connectivity index (χ2n) is 4.19. The van der Waals surface area contributed by atoms with Crippen molar-refractivity contribution in [1.82, 2.24) is 20.1 Å². The summed E-state index contributed by atoms with van der Waals surface area (Å²) in [5, 5.41) is 3.88. The highest BCUT2D eigenvalue weighted by atomic mass is 16.5. The fourth-order valence-electron chi connectivity index (χ4n) is 1.56. The molecule has 0 spiro atoms. The van der Waals surface area contributed by atoms with Crippen molar-refractivity contribution in [2.75, 3.05) is 7.11 Å². The summed E-state index contributed by atoms with van der Waals surface area (Å²) in [6.45, 7) is 1.95. The van der Waals surface area contributed by atoms with Gasteiger partial charge in [0.05, 0.1) is 18.5 Å². The normalized spacial score (nSPS) is 14.6. The van der Waals surface area contributed by atoms with Gasteiger partial charge < -0.3 is 20.0 Å². The number of imidazole rings is 1. The number of nitrogens with two attached hydrogens (primary N) is 1. The number of aromatic nitrogens is 4. The molecule has 0 radical (unpaired) electrons. The van der Waals surface area contributed by atoms with Gasteiger partial charge in [-0.25, -0.2) is 4.98 Å². The predicted octanol–water partition coefficient (Wildman–Crippen LogP) is 0.613. The molecule has 0 fully saturated rings. The molecule has 2 rings (SSSR count). The van der Waals surface area contributed by atoms with Crippen molar-refractivity contribution in [2.24, 2.45) is 5.73 Å². The van der Waals surface area contributed by atoms with Gasteiger partial charge in [0.2, 0.25) is 5.89 Å². The summed E-state index contributed by atoms with van der Waals surface area (Å²) >= 11 is 0. The van der Waals surface area contributed by atoms with Crippen LogP contribution in [0, 0.1) is 0 Å². The van der Waals surface area contributed by atoms with E-state index in [1.807, 2.05) is 6.92 Å². The van der Waals surface area contributed by atoms with Gasteiger partial charge in [-0.2, -0.15) is 4.98 Å². The average Bonchev–Trinajstić information content (AvgIpc) is 3.00. The zero-order valence-electron chi connectivity index (χ0n) is 10.5. The maximum Gasteiger partial charge on any atom is 0.243 e. The van der Waals surface area contributed by atoms with Crippen LogP contribution in [0.3, 0.4) is 0 Å². The molecule has 2 heterocycles. The standard InChI is InChI=1S/C11H17N5O2/c1-7(17-2)3-10-15-11(18-16-10)9(12)4-8-5-13-6-14-8/h5-7,9H,3-4,12H2,1-2H3,(H,13,14)/t7?,9-/m1/s1. The summed E-state index contributed by atoms with van der Waals surface area (Å²) in [6.07, 6.45) is 4.59. The zero-order chi connectivity index (χ0) is 13.0. The van der Waals surface area contributed by atoms with Gasteiger partial charge in [0.15, 0.2) is 5.82 Å². The van der Waals surface area contributed by atoms with Crippen LogP contribution in [0.2, 0.25) is 0 Å². The third kappa shape index (κ3) is 3.14. The predicted molar refractivity (Wildman–Crippen MR) is 63.7 cm³/mol. The van der Waals surface area contributed by atoms with Gasteiger partial charge in [0.25, 0.3) is 0 Å². The molecule has 2 aromatic rings. The maximum atomic E-state index is 5.99. The Morgan fingerprint density at radius 3 is 3.00 bits per heavy atom. The van der Waals surface area contributed by atoms with Crippen LogP contribution >= 0.6 is 0 Å². The molecule has 1 unspecified atom stereocenters. The van der Waals surface area contributed by atoms with Crippen molar-refractivity contribution in [3.05, 3.63) is 29.9 Å². The number of hydrogen-bond acceptors (Lipinski definition) is 6. The lowest BCUT2D eigenvalue weighted by molar-refractivity contribution is 0.116. The number of H-pyrrole nitrogens is 1. The van der Waals surface area contributed by atoms with Gasteiger partial charge in [-0.15, -0.1) is 0 Å². The van der Waals surface area contributed by atoms with Gasteiger partial charge in [-0.3, -0.25) is 0 Å². The smallest absolute Gasteiger partial charge is 0.243 e. The SMILES string of the molecule is COC(C)Cc1noc([C@H](N)Cc2cnc[nH]2)n1. The Morgan fingerprint density at radius 1 is 1.50 bits per heavy atom. The first-order chi connectivity index (χ1) is 8.69. The van der Waals surface area contributed by atoms with E-state index >= 15 is 0 Å². The number of nitrogens with one attached hydrogen (secondary N) is 1. The number of ether oxygens (including phenoxy) is 1. The minimum atomic E-state index is -0.329. The van der Waals surface area contributed by atoms with Crippen LogP contribution in [0.5, 0.6) is 0 Å². The Hall–Kier alpha value is -1.73. The van der Waals surface area contributed by atoms with Crippen molar-refractivity contribution >= 4 is 0 Å². The fourth-order valence-corrected chi connectivity index (χ4v) is 1.56. The third-order valence-electron chi connectivity index (χ3n) is 2.67. The Bertz CT molecular complexity index is 467. The third-order valence-corrected chi connectivity index (χ3v) is 2.67. The summed E-state index contributed by atoms with van der Waals surface area (Å²) in [5.41, 5.74) is 6.93. The summed E-state index contributed by atoms with van der Waals surface area (Å²) in [4.78, 5) is 11.2. The number of rotatable bonds is 6. The lowest BCUT2D eigenvalue weighted by atomic mass is 10.2. The molecule has 0 aliphatic heterocycles. The first-order valence-corrected chi connectivity index (χ1v) is 5.77. The molecule has 0 aliphatic rings. The van der Waals surface area contributed by atoms with E-state index in [9.17, 15) is 0 Å². The second kappa shape index (κ2) is 5.74. The highest BCUT2D eigenvalue weighted by Gasteiger charge is 2.17. The lowest BCUT2D eigenvalue weighted by Crippen LogP contribution is -2.14. The lowest BCUT2D eigenvalue weighted by Gasteiger charge is -2.05. The topological polar surface area (TPSA) is 103 Å². The van der Waals surface area contributed by atoms with Crippen molar-refractivity contribution in [1.29, 1.82) is 0 Å². The molecule has 3 N–H and O–H groups in total. The second-order valence-corrected chi connectivity index (χ2v) is 4.19. The molecule has 0 aliphatic carbocycles. The van der Waals surface area contributed by atoms with E-state index in [0.29, 0.717) is 24.6 Å². The van der Waals surface area contributed by atoms with E-state index in [1.165, 1.54) is 0 Å². The van der Waals surface area contributed by atoms with Gasteiger partial charge in [0, 0.05) is 31.8 Å². The first-order valence-electron chi connectivity index (χ1n) is 5.77. The minimum Gasteiger partial charge on any atom is -0.381 e. The van der Waals surface area contributed by atoms with Crippen LogP contribution in [-0.2, 0) is 17.6 Å². The summed E-state index contributed by atoms with van der Waals surface area (Å²) < 4.78 is 10.3. The molecule has 0 bridgehead atoms. The van der Waals surface area contributed by atoms with Gasteiger partial charge in [-0.1, -0.05) is 5.16 Å². The highest BCUT2D eigenvalue weighted by Crippen LogP contribution is 2.13.